The highest BCUT2D eigenvalue weighted by Gasteiger charge is 2.90. The van der Waals surface area contributed by atoms with Crippen LogP contribution in [0.25, 0.3) is 5.52 Å². The first-order valence-electron chi connectivity index (χ1n) is 7.69. The summed E-state index contributed by atoms with van der Waals surface area (Å²) in [5, 5.41) is 9.61. The Bertz CT molecular complexity index is 929. The van der Waals surface area contributed by atoms with Crippen molar-refractivity contribution in [2.75, 3.05) is 5.73 Å². The SMILES string of the molecule is Nc1nccn2c(C34CC3C3OC4C4CC43C(=O)O)nc(Br)c12. The molecule has 0 spiro atoms. The smallest absolute Gasteiger partial charge is 0.312 e. The molecule has 4 aliphatic rings. The van der Waals surface area contributed by atoms with Crippen LogP contribution in [-0.2, 0) is 14.9 Å². The molecule has 8 heteroatoms. The number of nitrogen functional groups attached to an aromatic ring is 1. The average molecular weight is 377 g/mol. The molecule has 3 N–H and O–H groups in total. The lowest BCUT2D eigenvalue weighted by Crippen LogP contribution is -2.35. The fourth-order valence-electron chi connectivity index (χ4n) is 5.43. The molecule has 2 aromatic rings. The van der Waals surface area contributed by atoms with Crippen molar-refractivity contribution in [3.8, 4) is 0 Å². The van der Waals surface area contributed by atoms with Gasteiger partial charge in [-0.25, -0.2) is 9.97 Å². The van der Waals surface area contributed by atoms with E-state index in [1.807, 2.05) is 10.6 Å². The molecule has 2 aliphatic carbocycles. The van der Waals surface area contributed by atoms with E-state index in [1.165, 1.54) is 0 Å². The number of nitrogens with two attached hydrogens (primary N) is 1. The monoisotopic (exact) mass is 376 g/mol. The predicted octanol–water partition coefficient (Wildman–Crippen LogP) is 1.20. The van der Waals surface area contributed by atoms with Crippen molar-refractivity contribution in [2.45, 2.75) is 30.5 Å². The molecule has 0 amide bonds. The first kappa shape index (κ1) is 12.7. The zero-order valence-electron chi connectivity index (χ0n) is 11.9. The molecule has 2 aromatic heterocycles. The Morgan fingerprint density at radius 3 is 3.04 bits per heavy atom. The number of carbonyl (C=O) groups is 1. The summed E-state index contributed by atoms with van der Waals surface area (Å²) in [5.41, 5.74) is 5.97. The van der Waals surface area contributed by atoms with Crippen LogP contribution in [0, 0.1) is 17.3 Å². The number of aliphatic carboxylic acids is 1. The number of nitrogens with zero attached hydrogens (tertiary/aromatic N) is 3. The highest BCUT2D eigenvalue weighted by atomic mass is 79.9. The second-order valence-electron chi connectivity index (χ2n) is 7.24. The van der Waals surface area contributed by atoms with E-state index in [-0.39, 0.29) is 29.5 Å². The molecule has 2 bridgehead atoms. The lowest BCUT2D eigenvalue weighted by Gasteiger charge is -2.21. The molecule has 0 radical (unpaired) electrons. The highest BCUT2D eigenvalue weighted by Crippen LogP contribution is 2.82. The zero-order chi connectivity index (χ0) is 15.7. The van der Waals surface area contributed by atoms with E-state index >= 15 is 0 Å². The van der Waals surface area contributed by atoms with E-state index in [0.717, 1.165) is 24.2 Å². The van der Waals surface area contributed by atoms with Gasteiger partial charge in [-0.2, -0.15) is 0 Å². The van der Waals surface area contributed by atoms with Crippen molar-refractivity contribution in [3.63, 3.8) is 0 Å². The van der Waals surface area contributed by atoms with Gasteiger partial charge in [-0.05, 0) is 28.8 Å². The lowest BCUT2D eigenvalue weighted by molar-refractivity contribution is -0.147. The van der Waals surface area contributed by atoms with Gasteiger partial charge in [-0.3, -0.25) is 9.20 Å². The Labute approximate surface area is 139 Å². The third-order valence-electron chi connectivity index (χ3n) is 6.51. The fourth-order valence-corrected chi connectivity index (χ4v) is 5.99. The standard InChI is InChI=1S/C15H13BrN4O3/c16-10-7-11(17)18-1-2-20(7)12(19-10)14-3-5(14)9-15(13(21)22)4-6(15)8(14)23-9/h1-2,5-6,8-9H,3-4H2,(H2,17,18)(H,21,22). The second-order valence-corrected chi connectivity index (χ2v) is 7.99. The van der Waals surface area contributed by atoms with Crippen LogP contribution in [0.1, 0.15) is 18.7 Å². The summed E-state index contributed by atoms with van der Waals surface area (Å²) < 4.78 is 8.78. The van der Waals surface area contributed by atoms with Crippen LogP contribution in [-0.4, -0.2) is 37.7 Å². The van der Waals surface area contributed by atoms with Gasteiger partial charge in [0.25, 0.3) is 0 Å². The number of hydrogen-bond acceptors (Lipinski definition) is 5. The van der Waals surface area contributed by atoms with Crippen molar-refractivity contribution < 1.29 is 14.6 Å². The second kappa shape index (κ2) is 3.39. The average Bonchev–Trinajstić information content (AvgIpc) is 3.37. The molecular formula is C15H13BrN4O3. The van der Waals surface area contributed by atoms with Gasteiger partial charge in [-0.1, -0.05) is 0 Å². The largest absolute Gasteiger partial charge is 0.481 e. The van der Waals surface area contributed by atoms with E-state index in [1.54, 1.807) is 6.20 Å². The minimum atomic E-state index is -0.696. The van der Waals surface area contributed by atoms with Gasteiger partial charge < -0.3 is 15.6 Å². The van der Waals surface area contributed by atoms with Crippen molar-refractivity contribution in [1.29, 1.82) is 0 Å². The number of carboxylic acid groups (broad SMARTS) is 1. The minimum absolute atomic E-state index is 0.0412. The van der Waals surface area contributed by atoms with Gasteiger partial charge in [-0.15, -0.1) is 0 Å². The number of imidazole rings is 1. The molecule has 4 heterocycles. The number of carboxylic acids is 1. The summed E-state index contributed by atoms with van der Waals surface area (Å²) in [6, 6.07) is 0. The quantitative estimate of drug-likeness (QED) is 0.816. The molecule has 6 unspecified atom stereocenters. The van der Waals surface area contributed by atoms with E-state index < -0.39 is 11.4 Å². The molecule has 6 rings (SSSR count). The number of anilines is 1. The maximum atomic E-state index is 11.7. The third kappa shape index (κ3) is 1.11. The lowest BCUT2D eigenvalue weighted by atomic mass is 9.81. The van der Waals surface area contributed by atoms with E-state index in [0.29, 0.717) is 10.4 Å². The number of hydrogen-bond donors (Lipinski definition) is 2. The Morgan fingerprint density at radius 2 is 2.26 bits per heavy atom. The van der Waals surface area contributed by atoms with Crippen molar-refractivity contribution in [2.24, 2.45) is 17.3 Å². The molecule has 23 heavy (non-hydrogen) atoms. The summed E-state index contributed by atoms with van der Waals surface area (Å²) in [7, 11) is 0. The van der Waals surface area contributed by atoms with Crippen LogP contribution in [0.4, 0.5) is 5.82 Å². The molecule has 0 aromatic carbocycles. The molecule has 2 saturated carbocycles. The van der Waals surface area contributed by atoms with Gasteiger partial charge in [0.2, 0.25) is 0 Å². The molecule has 7 nitrogen and oxygen atoms in total. The summed E-state index contributed by atoms with van der Waals surface area (Å²) in [6.45, 7) is 0. The van der Waals surface area contributed by atoms with E-state index in [4.69, 9.17) is 15.5 Å². The van der Waals surface area contributed by atoms with Gasteiger partial charge in [0.05, 0.1) is 23.0 Å². The molecule has 2 aliphatic heterocycles. The topological polar surface area (TPSA) is 103 Å². The summed E-state index contributed by atoms with van der Waals surface area (Å²) >= 11 is 3.48. The van der Waals surface area contributed by atoms with E-state index in [2.05, 4.69) is 20.9 Å². The number of ether oxygens (including phenoxy) is 1. The van der Waals surface area contributed by atoms with E-state index in [9.17, 15) is 9.90 Å². The predicted molar refractivity (Wildman–Crippen MR) is 81.7 cm³/mol. The van der Waals surface area contributed by atoms with Crippen molar-refractivity contribution >= 4 is 33.2 Å². The van der Waals surface area contributed by atoms with Crippen LogP contribution >= 0.6 is 15.9 Å². The Kier molecular flexibility index (Phi) is 1.87. The van der Waals surface area contributed by atoms with Crippen LogP contribution in [0.3, 0.4) is 0 Å². The molecular weight excluding hydrogens is 364 g/mol. The van der Waals surface area contributed by atoms with Crippen LogP contribution in [0.5, 0.6) is 0 Å². The third-order valence-corrected chi connectivity index (χ3v) is 7.07. The van der Waals surface area contributed by atoms with Gasteiger partial charge in [0.15, 0.2) is 5.82 Å². The number of fused-ring (bicyclic) bond motifs is 9. The number of rotatable bonds is 2. The molecule has 118 valence electrons. The molecule has 4 fully saturated rings. The Balaban J connectivity index is 1.53. The molecule has 6 atom stereocenters. The maximum Gasteiger partial charge on any atom is 0.312 e. The Hall–Kier alpha value is -1.67. The van der Waals surface area contributed by atoms with Gasteiger partial charge in [0, 0.05) is 24.2 Å². The first-order valence-corrected chi connectivity index (χ1v) is 8.48. The van der Waals surface area contributed by atoms with Gasteiger partial charge in [0.1, 0.15) is 15.9 Å². The van der Waals surface area contributed by atoms with Crippen LogP contribution in [0.2, 0.25) is 0 Å². The first-order chi connectivity index (χ1) is 11.0. The molecule has 2 saturated heterocycles. The summed E-state index contributed by atoms with van der Waals surface area (Å²) in [5.74, 6) is 1.03. The number of aromatic nitrogens is 3. The fraction of sp³-hybridized carbons (Fsp3) is 0.533. The van der Waals surface area contributed by atoms with Crippen molar-refractivity contribution in [1.82, 2.24) is 14.4 Å². The summed E-state index contributed by atoms with van der Waals surface area (Å²) in [4.78, 5) is 20.5. The van der Waals surface area contributed by atoms with Gasteiger partial charge >= 0.3 is 5.97 Å². The van der Waals surface area contributed by atoms with Crippen molar-refractivity contribution in [3.05, 3.63) is 22.8 Å². The Morgan fingerprint density at radius 1 is 1.43 bits per heavy atom. The maximum absolute atomic E-state index is 11.7. The van der Waals surface area contributed by atoms with Crippen LogP contribution in [0.15, 0.2) is 17.0 Å². The minimum Gasteiger partial charge on any atom is -0.481 e. The number of halogens is 1. The zero-order valence-corrected chi connectivity index (χ0v) is 13.5. The van der Waals surface area contributed by atoms with Crippen LogP contribution < -0.4 is 5.73 Å². The highest BCUT2D eigenvalue weighted by molar-refractivity contribution is 9.10. The summed E-state index contributed by atoms with van der Waals surface area (Å²) in [6.07, 6.45) is 5.01. The normalized spacial score (nSPS) is 45.1.